The van der Waals surface area contributed by atoms with E-state index in [2.05, 4.69) is 14.9 Å². The maximum atomic E-state index is 8.65. The van der Waals surface area contributed by atoms with Gasteiger partial charge in [0.1, 0.15) is 11.8 Å². The Morgan fingerprint density at radius 2 is 2.15 bits per heavy atom. The second-order valence-corrected chi connectivity index (χ2v) is 3.05. The number of aromatic nitrogens is 2. The van der Waals surface area contributed by atoms with E-state index in [0.717, 1.165) is 13.1 Å². The minimum absolute atomic E-state index is 0.442. The average molecular weight is 174 g/mol. The molecule has 1 aliphatic rings. The summed E-state index contributed by atoms with van der Waals surface area (Å²) in [5, 5.41) is 8.65. The highest BCUT2D eigenvalue weighted by molar-refractivity contribution is 5.34. The van der Waals surface area contributed by atoms with Crippen molar-refractivity contribution in [2.45, 2.75) is 12.8 Å². The first-order chi connectivity index (χ1) is 6.40. The summed E-state index contributed by atoms with van der Waals surface area (Å²) < 4.78 is 0. The fourth-order valence-electron chi connectivity index (χ4n) is 1.48. The van der Waals surface area contributed by atoms with Gasteiger partial charge < -0.3 is 4.90 Å². The predicted octanol–water partition coefficient (Wildman–Crippen LogP) is 0.948. The molecule has 0 aromatic carbocycles. The maximum absolute atomic E-state index is 8.65. The quantitative estimate of drug-likeness (QED) is 0.636. The Bertz CT molecular complexity index is 336. The molecule has 13 heavy (non-hydrogen) atoms. The maximum Gasteiger partial charge on any atom is 0.226 e. The highest BCUT2D eigenvalue weighted by Crippen LogP contribution is 2.14. The van der Waals surface area contributed by atoms with E-state index in [4.69, 9.17) is 5.26 Å². The Hall–Kier alpha value is -1.63. The lowest BCUT2D eigenvalue weighted by Crippen LogP contribution is -2.20. The number of hydrogen-bond donors (Lipinski definition) is 0. The molecule has 2 heterocycles. The standard InChI is InChI=1S/C9H10N4/c10-7-8-3-4-11-9(12-8)13-5-1-2-6-13/h3-4H,1-2,5-6H2. The van der Waals surface area contributed by atoms with Gasteiger partial charge in [0.25, 0.3) is 0 Å². The van der Waals surface area contributed by atoms with Crippen LogP contribution in [0.5, 0.6) is 0 Å². The molecular weight excluding hydrogens is 164 g/mol. The third kappa shape index (κ3) is 1.59. The molecule has 0 atom stereocenters. The summed E-state index contributed by atoms with van der Waals surface area (Å²) >= 11 is 0. The van der Waals surface area contributed by atoms with Gasteiger partial charge in [-0.2, -0.15) is 5.26 Å². The van der Waals surface area contributed by atoms with E-state index >= 15 is 0 Å². The molecule has 0 saturated carbocycles. The van der Waals surface area contributed by atoms with Crippen LogP contribution in [0.15, 0.2) is 12.3 Å². The van der Waals surface area contributed by atoms with E-state index in [1.807, 2.05) is 6.07 Å². The van der Waals surface area contributed by atoms with Crippen LogP contribution in [0.25, 0.3) is 0 Å². The third-order valence-corrected chi connectivity index (χ3v) is 2.15. The van der Waals surface area contributed by atoms with Crippen LogP contribution in [0.3, 0.4) is 0 Å². The van der Waals surface area contributed by atoms with E-state index in [9.17, 15) is 0 Å². The first kappa shape index (κ1) is 7.99. The molecular formula is C9H10N4. The monoisotopic (exact) mass is 174 g/mol. The lowest BCUT2D eigenvalue weighted by molar-refractivity contribution is 0.894. The molecule has 0 aliphatic carbocycles. The van der Waals surface area contributed by atoms with Crippen LogP contribution in [-0.4, -0.2) is 23.1 Å². The predicted molar refractivity (Wildman–Crippen MR) is 48.2 cm³/mol. The highest BCUT2D eigenvalue weighted by Gasteiger charge is 2.14. The van der Waals surface area contributed by atoms with E-state index in [-0.39, 0.29) is 0 Å². The molecule has 1 aliphatic heterocycles. The van der Waals surface area contributed by atoms with Gasteiger partial charge in [0.05, 0.1) is 0 Å². The summed E-state index contributed by atoms with van der Waals surface area (Å²) in [6.07, 6.45) is 4.03. The third-order valence-electron chi connectivity index (χ3n) is 2.15. The Kier molecular flexibility index (Phi) is 2.09. The van der Waals surface area contributed by atoms with E-state index in [1.54, 1.807) is 12.3 Å². The molecule has 1 saturated heterocycles. The van der Waals surface area contributed by atoms with Crippen molar-refractivity contribution in [3.05, 3.63) is 18.0 Å². The van der Waals surface area contributed by atoms with Crippen molar-refractivity contribution < 1.29 is 0 Å². The molecule has 0 radical (unpaired) electrons. The fourth-order valence-corrected chi connectivity index (χ4v) is 1.48. The first-order valence-corrected chi connectivity index (χ1v) is 4.38. The van der Waals surface area contributed by atoms with Crippen molar-refractivity contribution in [3.8, 4) is 6.07 Å². The summed E-state index contributed by atoms with van der Waals surface area (Å²) in [6, 6.07) is 3.64. The van der Waals surface area contributed by atoms with Gasteiger partial charge in [-0.1, -0.05) is 0 Å². The van der Waals surface area contributed by atoms with Crippen molar-refractivity contribution in [3.63, 3.8) is 0 Å². The Labute approximate surface area is 76.8 Å². The minimum atomic E-state index is 0.442. The van der Waals surface area contributed by atoms with Crippen molar-refractivity contribution in [2.24, 2.45) is 0 Å². The van der Waals surface area contributed by atoms with Crippen LogP contribution in [0.1, 0.15) is 18.5 Å². The molecule has 4 heteroatoms. The zero-order valence-electron chi connectivity index (χ0n) is 7.27. The van der Waals surface area contributed by atoms with Crippen molar-refractivity contribution in [1.29, 1.82) is 5.26 Å². The van der Waals surface area contributed by atoms with E-state index in [1.165, 1.54) is 12.8 Å². The zero-order valence-corrected chi connectivity index (χ0v) is 7.27. The van der Waals surface area contributed by atoms with Crippen LogP contribution >= 0.6 is 0 Å². The zero-order chi connectivity index (χ0) is 9.10. The highest BCUT2D eigenvalue weighted by atomic mass is 15.3. The van der Waals surface area contributed by atoms with Gasteiger partial charge in [-0.05, 0) is 18.9 Å². The molecule has 0 spiro atoms. The fraction of sp³-hybridized carbons (Fsp3) is 0.444. The Morgan fingerprint density at radius 3 is 2.85 bits per heavy atom. The van der Waals surface area contributed by atoms with Crippen molar-refractivity contribution >= 4 is 5.95 Å². The summed E-state index contributed by atoms with van der Waals surface area (Å²) in [7, 11) is 0. The van der Waals surface area contributed by atoms with Crippen LogP contribution in [0.2, 0.25) is 0 Å². The van der Waals surface area contributed by atoms with E-state index in [0.29, 0.717) is 11.6 Å². The van der Waals surface area contributed by atoms with Gasteiger partial charge in [0, 0.05) is 19.3 Å². The van der Waals surface area contributed by atoms with Crippen molar-refractivity contribution in [1.82, 2.24) is 9.97 Å². The number of hydrogen-bond acceptors (Lipinski definition) is 4. The lowest BCUT2D eigenvalue weighted by atomic mass is 10.4. The summed E-state index contributed by atoms with van der Waals surface area (Å²) in [5.41, 5.74) is 0.442. The Balaban J connectivity index is 2.25. The SMILES string of the molecule is N#Cc1ccnc(N2CCCC2)n1. The molecule has 0 amide bonds. The second kappa shape index (κ2) is 3.40. The van der Waals surface area contributed by atoms with Gasteiger partial charge in [-0.25, -0.2) is 9.97 Å². The van der Waals surface area contributed by atoms with Crippen molar-refractivity contribution in [2.75, 3.05) is 18.0 Å². The smallest absolute Gasteiger partial charge is 0.226 e. The number of nitrogens with zero attached hydrogens (tertiary/aromatic N) is 4. The average Bonchev–Trinajstić information content (AvgIpc) is 2.71. The van der Waals surface area contributed by atoms with Gasteiger partial charge in [-0.3, -0.25) is 0 Å². The van der Waals surface area contributed by atoms with Gasteiger partial charge in [-0.15, -0.1) is 0 Å². The first-order valence-electron chi connectivity index (χ1n) is 4.38. The van der Waals surface area contributed by atoms with Crippen LogP contribution in [0, 0.1) is 11.3 Å². The largest absolute Gasteiger partial charge is 0.341 e. The molecule has 0 unspecified atom stereocenters. The second-order valence-electron chi connectivity index (χ2n) is 3.05. The van der Waals surface area contributed by atoms with Crippen LogP contribution < -0.4 is 4.90 Å². The van der Waals surface area contributed by atoms with Gasteiger partial charge >= 0.3 is 0 Å². The molecule has 1 aromatic rings. The lowest BCUT2D eigenvalue weighted by Gasteiger charge is -2.13. The molecule has 1 fully saturated rings. The van der Waals surface area contributed by atoms with E-state index < -0.39 is 0 Å². The number of rotatable bonds is 1. The topological polar surface area (TPSA) is 52.8 Å². The molecule has 0 bridgehead atoms. The van der Waals surface area contributed by atoms with Crippen LogP contribution in [0.4, 0.5) is 5.95 Å². The summed E-state index contributed by atoms with van der Waals surface area (Å²) in [4.78, 5) is 10.4. The molecule has 0 N–H and O–H groups in total. The normalized spacial score (nSPS) is 15.8. The molecule has 66 valence electrons. The van der Waals surface area contributed by atoms with Gasteiger partial charge in [0.15, 0.2) is 0 Å². The summed E-state index contributed by atoms with van der Waals surface area (Å²) in [6.45, 7) is 2.02. The molecule has 2 rings (SSSR count). The summed E-state index contributed by atoms with van der Waals surface area (Å²) in [5.74, 6) is 0.691. The van der Waals surface area contributed by atoms with Gasteiger partial charge in [0.2, 0.25) is 5.95 Å². The Morgan fingerprint density at radius 1 is 1.38 bits per heavy atom. The van der Waals surface area contributed by atoms with Crippen LogP contribution in [-0.2, 0) is 0 Å². The minimum Gasteiger partial charge on any atom is -0.341 e. The molecule has 1 aromatic heterocycles. The molecule has 4 nitrogen and oxygen atoms in total. The number of nitriles is 1. The number of anilines is 1.